The van der Waals surface area contributed by atoms with Crippen molar-refractivity contribution >= 4 is 11.9 Å². The Hall–Kier alpha value is -1.66. The Balaban J connectivity index is 3.35. The Morgan fingerprint density at radius 1 is 0.338 bits per heavy atom. The van der Waals surface area contributed by atoms with Crippen molar-refractivity contribution in [2.24, 2.45) is 0 Å². The minimum Gasteiger partial charge on any atom is -0.466 e. The topological polar surface area (TPSA) is 95.9 Å². The molecule has 2 atom stereocenters. The number of amides is 1. The fourth-order valence-corrected chi connectivity index (χ4v) is 11.6. The molecule has 0 aromatic carbocycles. The first kappa shape index (κ1) is 78.3. The summed E-state index contributed by atoms with van der Waals surface area (Å²) in [5.74, 6) is -0.0182. The number of hydrogen-bond acceptors (Lipinski definition) is 5. The highest BCUT2D eigenvalue weighted by Crippen LogP contribution is 2.19. The minimum atomic E-state index is -0.662. The number of allylic oxidation sites excluding steroid dienone is 4. The summed E-state index contributed by atoms with van der Waals surface area (Å²) in [6.45, 7) is 4.98. The van der Waals surface area contributed by atoms with Crippen molar-refractivity contribution in [3.8, 4) is 0 Å². The molecule has 0 rings (SSSR count). The molecule has 1 amide bonds. The number of esters is 1. The van der Waals surface area contributed by atoms with Gasteiger partial charge in [0.15, 0.2) is 0 Å². The van der Waals surface area contributed by atoms with Gasteiger partial charge in [0.25, 0.3) is 0 Å². The van der Waals surface area contributed by atoms with Crippen LogP contribution in [-0.2, 0) is 14.3 Å². The molecule has 0 spiro atoms. The Morgan fingerprint density at radius 3 is 0.887 bits per heavy atom. The van der Waals surface area contributed by atoms with Crippen molar-refractivity contribution in [1.29, 1.82) is 0 Å². The van der Waals surface area contributed by atoms with Crippen LogP contribution in [0.15, 0.2) is 24.3 Å². The number of hydrogen-bond donors (Lipinski definition) is 3. The number of carbonyl (C=O) groups excluding carboxylic acids is 2. The van der Waals surface area contributed by atoms with E-state index in [1.54, 1.807) is 0 Å². The van der Waals surface area contributed by atoms with Crippen LogP contribution in [0.5, 0.6) is 0 Å². The van der Waals surface area contributed by atoms with Gasteiger partial charge >= 0.3 is 5.97 Å². The van der Waals surface area contributed by atoms with E-state index in [4.69, 9.17) is 4.74 Å². The van der Waals surface area contributed by atoms with Crippen molar-refractivity contribution in [1.82, 2.24) is 5.32 Å². The van der Waals surface area contributed by atoms with Crippen LogP contribution in [-0.4, -0.2) is 47.4 Å². The van der Waals surface area contributed by atoms with Crippen molar-refractivity contribution in [3.63, 3.8) is 0 Å². The Bertz CT molecular complexity index is 1250. The van der Waals surface area contributed by atoms with Gasteiger partial charge in [-0.1, -0.05) is 346 Å². The van der Waals surface area contributed by atoms with Crippen LogP contribution in [0.4, 0.5) is 0 Å². The fourth-order valence-electron chi connectivity index (χ4n) is 11.6. The Morgan fingerprint density at radius 2 is 0.588 bits per heavy atom. The third-order valence-corrected chi connectivity index (χ3v) is 17.2. The van der Waals surface area contributed by atoms with Crippen molar-refractivity contribution in [3.05, 3.63) is 24.3 Å². The monoisotopic (exact) mass is 1130 g/mol. The highest BCUT2D eigenvalue weighted by atomic mass is 16.5. The lowest BCUT2D eigenvalue weighted by molar-refractivity contribution is -0.143. The van der Waals surface area contributed by atoms with Gasteiger partial charge in [0.1, 0.15) is 0 Å². The molecule has 0 saturated carbocycles. The van der Waals surface area contributed by atoms with Crippen LogP contribution >= 0.6 is 0 Å². The normalized spacial score (nSPS) is 12.6. The largest absolute Gasteiger partial charge is 0.466 e. The molecule has 0 aromatic heterocycles. The highest BCUT2D eigenvalue weighted by molar-refractivity contribution is 5.76. The van der Waals surface area contributed by atoms with Crippen LogP contribution < -0.4 is 5.32 Å². The van der Waals surface area contributed by atoms with E-state index in [9.17, 15) is 19.8 Å². The quantitative estimate of drug-likeness (QED) is 0.0320. The molecule has 0 radical (unpaired) electrons. The lowest BCUT2D eigenvalue weighted by Gasteiger charge is -2.22. The van der Waals surface area contributed by atoms with E-state index in [0.717, 1.165) is 44.9 Å². The second-order valence-corrected chi connectivity index (χ2v) is 25.3. The molecular formula is C74H143NO5. The predicted molar refractivity (Wildman–Crippen MR) is 352 cm³/mol. The number of nitrogens with one attached hydrogen (secondary N) is 1. The van der Waals surface area contributed by atoms with Gasteiger partial charge in [-0.15, -0.1) is 0 Å². The molecule has 0 aliphatic carbocycles. The van der Waals surface area contributed by atoms with E-state index >= 15 is 0 Å². The van der Waals surface area contributed by atoms with Crippen LogP contribution in [0.2, 0.25) is 0 Å². The minimum absolute atomic E-state index is 0.0103. The van der Waals surface area contributed by atoms with Gasteiger partial charge in [-0.2, -0.15) is 0 Å². The van der Waals surface area contributed by atoms with E-state index in [1.807, 2.05) is 0 Å². The molecule has 3 N–H and O–H groups in total. The second kappa shape index (κ2) is 69.8. The smallest absolute Gasteiger partial charge is 0.305 e. The second-order valence-electron chi connectivity index (χ2n) is 25.3. The fraction of sp³-hybridized carbons (Fsp3) is 0.919. The standard InChI is InChI=1S/C74H143NO5/c1-3-5-7-9-11-13-15-17-19-36-39-42-46-50-54-58-62-66-72(77)71(70-76)75-73(78)67-63-59-55-51-47-43-40-37-34-32-30-28-26-24-22-20-21-23-25-27-29-31-33-35-38-41-45-49-53-57-61-65-69-80-74(79)68-64-60-56-52-48-44-18-16-14-12-10-8-6-4-2/h16,18,23,25,71-72,76-77H,3-15,17,19-22,24,26-70H2,1-2H3,(H,75,78)/b18-16-,25-23-. The van der Waals surface area contributed by atoms with E-state index < -0.39 is 12.1 Å². The summed E-state index contributed by atoms with van der Waals surface area (Å²) in [4.78, 5) is 24.6. The highest BCUT2D eigenvalue weighted by Gasteiger charge is 2.20. The SMILES string of the molecule is CCCCCCC/C=C\CCCCCCCC(=O)OCCCCCCCCCCCCCC/C=C\CCCCCCCCCCCCCCCCCCC(=O)NC(CO)C(O)CCCCCCCCCCCCCCCCCCC. The number of aliphatic hydroxyl groups is 2. The van der Waals surface area contributed by atoms with E-state index in [1.165, 1.54) is 334 Å². The molecular weight excluding hydrogens is 983 g/mol. The summed E-state index contributed by atoms with van der Waals surface area (Å²) in [5.41, 5.74) is 0. The molecule has 0 aliphatic rings. The van der Waals surface area contributed by atoms with Gasteiger partial charge in [-0.05, 0) is 77.0 Å². The maximum absolute atomic E-state index is 12.5. The molecule has 0 saturated heterocycles. The van der Waals surface area contributed by atoms with Crippen molar-refractivity contribution in [2.75, 3.05) is 13.2 Å². The number of aliphatic hydroxyl groups excluding tert-OH is 2. The van der Waals surface area contributed by atoms with E-state index in [-0.39, 0.29) is 18.5 Å². The van der Waals surface area contributed by atoms with Gasteiger partial charge in [0.05, 0.1) is 25.4 Å². The third-order valence-electron chi connectivity index (χ3n) is 17.2. The summed E-state index contributed by atoms with van der Waals surface area (Å²) < 4.78 is 5.49. The molecule has 0 aliphatic heterocycles. The first-order valence-corrected chi connectivity index (χ1v) is 36.6. The van der Waals surface area contributed by atoms with Gasteiger partial charge in [-0.3, -0.25) is 9.59 Å². The number of unbranched alkanes of at least 4 members (excludes halogenated alkanes) is 54. The zero-order chi connectivity index (χ0) is 57.8. The van der Waals surface area contributed by atoms with Gasteiger partial charge in [-0.25, -0.2) is 0 Å². The third kappa shape index (κ3) is 65.5. The molecule has 2 unspecified atom stereocenters. The lowest BCUT2D eigenvalue weighted by Crippen LogP contribution is -2.45. The summed E-state index contributed by atoms with van der Waals surface area (Å²) in [6.07, 6.45) is 88.1. The maximum atomic E-state index is 12.5. The molecule has 6 nitrogen and oxygen atoms in total. The van der Waals surface area contributed by atoms with Crippen LogP contribution in [0, 0.1) is 0 Å². The first-order valence-electron chi connectivity index (χ1n) is 36.6. The number of ether oxygens (including phenoxy) is 1. The molecule has 474 valence electrons. The van der Waals surface area contributed by atoms with Crippen LogP contribution in [0.25, 0.3) is 0 Å². The molecule has 0 fully saturated rings. The number of rotatable bonds is 69. The summed E-state index contributed by atoms with van der Waals surface area (Å²) in [5, 5.41) is 23.4. The molecule has 80 heavy (non-hydrogen) atoms. The lowest BCUT2D eigenvalue weighted by atomic mass is 10.0. The average molecular weight is 1130 g/mol. The van der Waals surface area contributed by atoms with Crippen LogP contribution in [0.1, 0.15) is 412 Å². The summed E-state index contributed by atoms with van der Waals surface area (Å²) in [7, 11) is 0. The predicted octanol–water partition coefficient (Wildman–Crippen LogP) is 23.7. The Labute approximate surface area is 501 Å². The number of carbonyl (C=O) groups is 2. The van der Waals surface area contributed by atoms with Crippen molar-refractivity contribution < 1.29 is 24.5 Å². The first-order chi connectivity index (χ1) is 39.5. The molecule has 0 aromatic rings. The van der Waals surface area contributed by atoms with Gasteiger partial charge < -0.3 is 20.3 Å². The summed E-state index contributed by atoms with van der Waals surface area (Å²) in [6, 6.07) is -0.539. The molecule has 0 heterocycles. The van der Waals surface area contributed by atoms with Crippen molar-refractivity contribution in [2.45, 2.75) is 424 Å². The Kier molecular flexibility index (Phi) is 68.4. The van der Waals surface area contributed by atoms with Gasteiger partial charge in [0, 0.05) is 12.8 Å². The zero-order valence-corrected chi connectivity index (χ0v) is 54.3. The summed E-state index contributed by atoms with van der Waals surface area (Å²) >= 11 is 0. The maximum Gasteiger partial charge on any atom is 0.305 e. The van der Waals surface area contributed by atoms with E-state index in [2.05, 4.69) is 43.5 Å². The zero-order valence-electron chi connectivity index (χ0n) is 54.3. The molecule has 6 heteroatoms. The van der Waals surface area contributed by atoms with Crippen LogP contribution in [0.3, 0.4) is 0 Å². The van der Waals surface area contributed by atoms with Gasteiger partial charge in [0.2, 0.25) is 5.91 Å². The average Bonchev–Trinajstić information content (AvgIpc) is 3.46. The van der Waals surface area contributed by atoms with E-state index in [0.29, 0.717) is 25.9 Å². The molecule has 0 bridgehead atoms.